The molecule has 224 valence electrons. The molecule has 1 atom stereocenters. The highest BCUT2D eigenvalue weighted by atomic mass is 35.5. The number of halogens is 2. The van der Waals surface area contributed by atoms with Gasteiger partial charge < -0.3 is 10.2 Å². The van der Waals surface area contributed by atoms with Crippen LogP contribution in [0.4, 0.5) is 10.1 Å². The van der Waals surface area contributed by atoms with Crippen LogP contribution in [0.2, 0.25) is 5.02 Å². The summed E-state index contributed by atoms with van der Waals surface area (Å²) >= 11 is 6.49. The standard InChI is InChI=1S/C32H37ClFN3O4S/c1-42(40,41)37(28-19-17-26(34)18-20-28)21-9-16-31(38)36(23-25-12-5-8-15-29(25)33)30(22-24-10-3-2-4-11-24)32(39)35-27-13-6-7-14-27/h2-5,8,10-12,15,17-20,27,30H,6-7,9,13-14,16,21-23H2,1H3,(H,35,39). The molecule has 1 saturated carbocycles. The molecule has 1 N–H and O–H groups in total. The van der Waals surface area contributed by atoms with Gasteiger partial charge in [-0.25, -0.2) is 12.8 Å². The predicted molar refractivity (Wildman–Crippen MR) is 164 cm³/mol. The number of carbonyl (C=O) groups is 2. The monoisotopic (exact) mass is 613 g/mol. The first-order valence-corrected chi connectivity index (χ1v) is 16.4. The van der Waals surface area contributed by atoms with E-state index in [2.05, 4.69) is 5.32 Å². The number of amides is 2. The summed E-state index contributed by atoms with van der Waals surface area (Å²) in [6.07, 6.45) is 5.53. The fraction of sp³-hybridized carbons (Fsp3) is 0.375. The number of benzene rings is 3. The van der Waals surface area contributed by atoms with Crippen LogP contribution in [0.5, 0.6) is 0 Å². The average Bonchev–Trinajstić information content (AvgIpc) is 3.47. The lowest BCUT2D eigenvalue weighted by molar-refractivity contribution is -0.141. The second-order valence-corrected chi connectivity index (χ2v) is 13.0. The van der Waals surface area contributed by atoms with Crippen molar-refractivity contribution in [1.29, 1.82) is 0 Å². The van der Waals surface area contributed by atoms with E-state index in [9.17, 15) is 22.4 Å². The Morgan fingerprint density at radius 1 is 0.976 bits per heavy atom. The Morgan fingerprint density at radius 3 is 2.26 bits per heavy atom. The van der Waals surface area contributed by atoms with Crippen LogP contribution in [-0.2, 0) is 32.6 Å². The molecule has 0 bridgehead atoms. The summed E-state index contributed by atoms with van der Waals surface area (Å²) in [6.45, 7) is 0.148. The third-order valence-electron chi connectivity index (χ3n) is 7.54. The lowest BCUT2D eigenvalue weighted by Crippen LogP contribution is -2.52. The Kier molecular flexibility index (Phi) is 11.0. The number of anilines is 1. The number of rotatable bonds is 13. The normalized spacial score (nSPS) is 14.4. The zero-order chi connectivity index (χ0) is 30.1. The van der Waals surface area contributed by atoms with Crippen LogP contribution in [0.25, 0.3) is 0 Å². The molecule has 2 amide bonds. The van der Waals surface area contributed by atoms with Gasteiger partial charge in [-0.3, -0.25) is 13.9 Å². The predicted octanol–water partition coefficient (Wildman–Crippen LogP) is 5.72. The second-order valence-electron chi connectivity index (χ2n) is 10.7. The Bertz CT molecular complexity index is 1450. The molecule has 4 rings (SSSR count). The van der Waals surface area contributed by atoms with Crippen molar-refractivity contribution in [3.05, 3.63) is 101 Å². The average molecular weight is 614 g/mol. The summed E-state index contributed by atoms with van der Waals surface area (Å²) in [5.74, 6) is -0.974. The maximum Gasteiger partial charge on any atom is 0.243 e. The van der Waals surface area contributed by atoms with Crippen molar-refractivity contribution in [2.24, 2.45) is 0 Å². The van der Waals surface area contributed by atoms with E-state index in [1.165, 1.54) is 24.3 Å². The smallest absolute Gasteiger partial charge is 0.243 e. The minimum Gasteiger partial charge on any atom is -0.352 e. The fourth-order valence-electron chi connectivity index (χ4n) is 5.34. The third kappa shape index (κ3) is 8.79. The van der Waals surface area contributed by atoms with Gasteiger partial charge in [0.1, 0.15) is 11.9 Å². The first-order chi connectivity index (χ1) is 20.1. The number of carbonyl (C=O) groups excluding carboxylic acids is 2. The Labute approximate surface area is 252 Å². The molecule has 0 radical (unpaired) electrons. The zero-order valence-corrected chi connectivity index (χ0v) is 25.3. The molecule has 7 nitrogen and oxygen atoms in total. The van der Waals surface area contributed by atoms with E-state index in [1.807, 2.05) is 48.5 Å². The van der Waals surface area contributed by atoms with Crippen LogP contribution in [0.3, 0.4) is 0 Å². The van der Waals surface area contributed by atoms with Gasteiger partial charge >= 0.3 is 0 Å². The van der Waals surface area contributed by atoms with Crippen molar-refractivity contribution in [1.82, 2.24) is 10.2 Å². The molecular formula is C32H37ClFN3O4S. The van der Waals surface area contributed by atoms with Gasteiger partial charge in [0.2, 0.25) is 21.8 Å². The van der Waals surface area contributed by atoms with Gasteiger partial charge in [-0.2, -0.15) is 0 Å². The molecular weight excluding hydrogens is 577 g/mol. The molecule has 0 aromatic heterocycles. The maximum absolute atomic E-state index is 13.9. The van der Waals surface area contributed by atoms with Crippen LogP contribution in [0.1, 0.15) is 49.7 Å². The van der Waals surface area contributed by atoms with E-state index in [0.717, 1.165) is 41.8 Å². The number of nitrogens with zero attached hydrogens (tertiary/aromatic N) is 2. The molecule has 10 heteroatoms. The summed E-state index contributed by atoms with van der Waals surface area (Å²) in [4.78, 5) is 29.3. The molecule has 0 saturated heterocycles. The largest absolute Gasteiger partial charge is 0.352 e. The van der Waals surface area contributed by atoms with Crippen molar-refractivity contribution in [2.45, 2.75) is 63.6 Å². The third-order valence-corrected chi connectivity index (χ3v) is 9.10. The molecule has 0 spiro atoms. The van der Waals surface area contributed by atoms with Crippen molar-refractivity contribution in [3.63, 3.8) is 0 Å². The van der Waals surface area contributed by atoms with Crippen molar-refractivity contribution >= 4 is 39.1 Å². The van der Waals surface area contributed by atoms with Gasteiger partial charge in [-0.1, -0.05) is 73.0 Å². The zero-order valence-electron chi connectivity index (χ0n) is 23.7. The summed E-state index contributed by atoms with van der Waals surface area (Å²) in [5, 5.41) is 3.66. The topological polar surface area (TPSA) is 86.8 Å². The molecule has 0 heterocycles. The highest BCUT2D eigenvalue weighted by Crippen LogP contribution is 2.24. The number of nitrogens with one attached hydrogen (secondary N) is 1. The van der Waals surface area contributed by atoms with E-state index in [4.69, 9.17) is 11.6 Å². The fourth-order valence-corrected chi connectivity index (χ4v) is 6.50. The molecule has 3 aromatic rings. The minimum atomic E-state index is -3.68. The van der Waals surface area contributed by atoms with Gasteiger partial charge in [0.15, 0.2) is 0 Å². The van der Waals surface area contributed by atoms with Crippen molar-refractivity contribution < 1.29 is 22.4 Å². The maximum atomic E-state index is 13.9. The minimum absolute atomic E-state index is 0.000332. The SMILES string of the molecule is CS(=O)(=O)N(CCCC(=O)N(Cc1ccccc1Cl)C(Cc1ccccc1)C(=O)NC1CCCC1)c1ccc(F)cc1. The van der Waals surface area contributed by atoms with Crippen LogP contribution >= 0.6 is 11.6 Å². The molecule has 1 fully saturated rings. The molecule has 0 aliphatic heterocycles. The lowest BCUT2D eigenvalue weighted by Gasteiger charge is -2.33. The number of hydrogen-bond donors (Lipinski definition) is 1. The van der Waals surface area contributed by atoms with Gasteiger partial charge in [0.25, 0.3) is 0 Å². The quantitative estimate of drug-likeness (QED) is 0.267. The van der Waals surface area contributed by atoms with E-state index >= 15 is 0 Å². The van der Waals surface area contributed by atoms with Gasteiger partial charge in [0, 0.05) is 37.0 Å². The van der Waals surface area contributed by atoms with Crippen LogP contribution in [-0.4, -0.2) is 50.0 Å². The first-order valence-electron chi connectivity index (χ1n) is 14.2. The molecule has 1 aliphatic carbocycles. The molecule has 42 heavy (non-hydrogen) atoms. The van der Waals surface area contributed by atoms with Crippen molar-refractivity contribution in [2.75, 3.05) is 17.1 Å². The van der Waals surface area contributed by atoms with Gasteiger partial charge in [-0.15, -0.1) is 0 Å². The summed E-state index contributed by atoms with van der Waals surface area (Å²) in [5.41, 5.74) is 1.95. The summed E-state index contributed by atoms with van der Waals surface area (Å²) in [7, 11) is -3.68. The summed E-state index contributed by atoms with van der Waals surface area (Å²) < 4.78 is 39.7. The Hall–Kier alpha value is -3.43. The molecule has 1 unspecified atom stereocenters. The van der Waals surface area contributed by atoms with E-state index in [0.29, 0.717) is 22.7 Å². The number of hydrogen-bond acceptors (Lipinski definition) is 4. The lowest BCUT2D eigenvalue weighted by atomic mass is 10.0. The molecule has 1 aliphatic rings. The van der Waals surface area contributed by atoms with E-state index in [1.54, 1.807) is 11.0 Å². The molecule has 3 aromatic carbocycles. The van der Waals surface area contributed by atoms with Crippen LogP contribution in [0, 0.1) is 5.82 Å². The first kappa shape index (κ1) is 31.5. The highest BCUT2D eigenvalue weighted by Gasteiger charge is 2.32. The van der Waals surface area contributed by atoms with E-state index in [-0.39, 0.29) is 43.8 Å². The highest BCUT2D eigenvalue weighted by molar-refractivity contribution is 7.92. The van der Waals surface area contributed by atoms with Crippen molar-refractivity contribution in [3.8, 4) is 0 Å². The van der Waals surface area contributed by atoms with Crippen LogP contribution in [0.15, 0.2) is 78.9 Å². The second kappa shape index (κ2) is 14.6. The number of sulfonamides is 1. The Balaban J connectivity index is 1.59. The summed E-state index contributed by atoms with van der Waals surface area (Å²) in [6, 6.07) is 21.2. The van der Waals surface area contributed by atoms with Gasteiger partial charge in [0.05, 0.1) is 11.9 Å². The van der Waals surface area contributed by atoms with Gasteiger partial charge in [-0.05, 0) is 60.7 Å². The van der Waals surface area contributed by atoms with Crippen LogP contribution < -0.4 is 9.62 Å². The van der Waals surface area contributed by atoms with E-state index < -0.39 is 21.9 Å². The Morgan fingerprint density at radius 2 is 1.62 bits per heavy atom.